The fourth-order valence-electron chi connectivity index (χ4n) is 2.59. The summed E-state index contributed by atoms with van der Waals surface area (Å²) < 4.78 is 6.78. The predicted molar refractivity (Wildman–Crippen MR) is 117 cm³/mol. The van der Waals surface area contributed by atoms with Gasteiger partial charge in [0.25, 0.3) is 0 Å². The summed E-state index contributed by atoms with van der Waals surface area (Å²) in [4.78, 5) is 10.9. The number of carbonyl (C=O) groups is 1. The standard InChI is InChI=1S/C23H16INO3/c24-21-13-17(12-20(14-25)18-4-2-1-3-5-18)8-11-22(21)28-15-16-6-9-19(10-7-16)23(26)27/h1-13H,15H2,(H,26,27)/b20-12+. The van der Waals surface area contributed by atoms with E-state index in [9.17, 15) is 10.1 Å². The van der Waals surface area contributed by atoms with E-state index in [4.69, 9.17) is 9.84 Å². The number of carboxylic acids is 1. The molecule has 5 heteroatoms. The van der Waals surface area contributed by atoms with Crippen LogP contribution in [0.4, 0.5) is 0 Å². The van der Waals surface area contributed by atoms with Crippen LogP contribution in [0.15, 0.2) is 72.8 Å². The lowest BCUT2D eigenvalue weighted by Crippen LogP contribution is -1.99. The van der Waals surface area contributed by atoms with Crippen LogP contribution in [-0.2, 0) is 6.61 Å². The van der Waals surface area contributed by atoms with E-state index in [1.807, 2.05) is 54.6 Å². The van der Waals surface area contributed by atoms with E-state index in [1.54, 1.807) is 24.3 Å². The molecule has 3 aromatic rings. The molecule has 0 bridgehead atoms. The Bertz CT molecular complexity index is 1050. The zero-order valence-electron chi connectivity index (χ0n) is 14.8. The van der Waals surface area contributed by atoms with E-state index in [-0.39, 0.29) is 5.56 Å². The van der Waals surface area contributed by atoms with E-state index in [2.05, 4.69) is 28.7 Å². The highest BCUT2D eigenvalue weighted by Gasteiger charge is 2.06. The zero-order chi connectivity index (χ0) is 19.9. The number of allylic oxidation sites excluding steroid dienone is 1. The van der Waals surface area contributed by atoms with Crippen molar-refractivity contribution in [1.29, 1.82) is 5.26 Å². The second-order valence-electron chi connectivity index (χ2n) is 6.02. The van der Waals surface area contributed by atoms with Crippen LogP contribution >= 0.6 is 22.6 Å². The molecule has 0 unspecified atom stereocenters. The quantitative estimate of drug-likeness (QED) is 0.282. The fraction of sp³-hybridized carbons (Fsp3) is 0.0435. The first-order valence-corrected chi connectivity index (χ1v) is 9.56. The van der Waals surface area contributed by atoms with Gasteiger partial charge >= 0.3 is 5.97 Å². The number of rotatable bonds is 6. The topological polar surface area (TPSA) is 70.3 Å². The van der Waals surface area contributed by atoms with Crippen molar-refractivity contribution in [2.24, 2.45) is 0 Å². The predicted octanol–water partition coefficient (Wildman–Crippen LogP) is 5.63. The van der Waals surface area contributed by atoms with Crippen LogP contribution in [0, 0.1) is 14.9 Å². The highest BCUT2D eigenvalue weighted by molar-refractivity contribution is 14.1. The molecule has 0 aromatic heterocycles. The second-order valence-corrected chi connectivity index (χ2v) is 7.18. The van der Waals surface area contributed by atoms with Crippen molar-refractivity contribution in [2.45, 2.75) is 6.61 Å². The molecule has 0 heterocycles. The van der Waals surface area contributed by atoms with Crippen LogP contribution in [0.3, 0.4) is 0 Å². The molecule has 4 nitrogen and oxygen atoms in total. The molecule has 3 rings (SSSR count). The van der Waals surface area contributed by atoms with Crippen LogP contribution in [0.2, 0.25) is 0 Å². The van der Waals surface area contributed by atoms with Crippen molar-refractivity contribution < 1.29 is 14.6 Å². The number of hydrogen-bond acceptors (Lipinski definition) is 3. The molecule has 0 aliphatic rings. The number of ether oxygens (including phenoxy) is 1. The number of aromatic carboxylic acids is 1. The van der Waals surface area contributed by atoms with E-state index in [0.29, 0.717) is 12.2 Å². The minimum atomic E-state index is -0.946. The van der Waals surface area contributed by atoms with Gasteiger partial charge in [-0.3, -0.25) is 0 Å². The molecule has 0 saturated heterocycles. The summed E-state index contributed by atoms with van der Waals surface area (Å²) in [5, 5.41) is 18.4. The SMILES string of the molecule is N#C/C(=C\c1ccc(OCc2ccc(C(=O)O)cc2)c(I)c1)c1ccccc1. The summed E-state index contributed by atoms with van der Waals surface area (Å²) in [6, 6.07) is 24.2. The van der Waals surface area contributed by atoms with Gasteiger partial charge in [0, 0.05) is 0 Å². The molecule has 3 aromatic carbocycles. The third kappa shape index (κ3) is 4.99. The van der Waals surface area contributed by atoms with E-state index >= 15 is 0 Å². The molecule has 0 saturated carbocycles. The number of halogens is 1. The molecule has 0 spiro atoms. The largest absolute Gasteiger partial charge is 0.488 e. The molecule has 1 N–H and O–H groups in total. The molecule has 0 radical (unpaired) electrons. The Morgan fingerprint density at radius 1 is 1.04 bits per heavy atom. The lowest BCUT2D eigenvalue weighted by molar-refractivity contribution is 0.0697. The molecule has 0 fully saturated rings. The van der Waals surface area contributed by atoms with Crippen LogP contribution < -0.4 is 4.74 Å². The van der Waals surface area contributed by atoms with Crippen LogP contribution in [-0.4, -0.2) is 11.1 Å². The second kappa shape index (κ2) is 9.20. The van der Waals surface area contributed by atoms with E-state index < -0.39 is 5.97 Å². The Hall–Kier alpha value is -3.11. The first-order valence-electron chi connectivity index (χ1n) is 8.48. The lowest BCUT2D eigenvalue weighted by Gasteiger charge is -2.09. The van der Waals surface area contributed by atoms with Crippen LogP contribution in [0.5, 0.6) is 5.75 Å². The van der Waals surface area contributed by atoms with Crippen molar-refractivity contribution >= 4 is 40.2 Å². The summed E-state index contributed by atoms with van der Waals surface area (Å²) >= 11 is 2.20. The van der Waals surface area contributed by atoms with E-state index in [0.717, 1.165) is 26.0 Å². The van der Waals surface area contributed by atoms with Gasteiger partial charge in [-0.05, 0) is 69.6 Å². The van der Waals surface area contributed by atoms with Gasteiger partial charge in [0.15, 0.2) is 0 Å². The molecular formula is C23H16INO3. The monoisotopic (exact) mass is 481 g/mol. The Morgan fingerprint density at radius 2 is 1.75 bits per heavy atom. The van der Waals surface area contributed by atoms with E-state index in [1.165, 1.54) is 0 Å². The first-order chi connectivity index (χ1) is 13.6. The number of carboxylic acid groups (broad SMARTS) is 1. The van der Waals surface area contributed by atoms with Crippen LogP contribution in [0.25, 0.3) is 11.6 Å². The Kier molecular flexibility index (Phi) is 6.45. The summed E-state index contributed by atoms with van der Waals surface area (Å²) in [5.74, 6) is -0.212. The van der Waals surface area contributed by atoms with Crippen molar-refractivity contribution in [2.75, 3.05) is 0 Å². The molecule has 0 atom stereocenters. The molecule has 28 heavy (non-hydrogen) atoms. The number of nitriles is 1. The molecule has 0 aliphatic carbocycles. The lowest BCUT2D eigenvalue weighted by atomic mass is 10.0. The van der Waals surface area contributed by atoms with Crippen molar-refractivity contribution in [3.63, 3.8) is 0 Å². The highest BCUT2D eigenvalue weighted by Crippen LogP contribution is 2.26. The summed E-state index contributed by atoms with van der Waals surface area (Å²) in [7, 11) is 0. The van der Waals surface area contributed by atoms with Crippen LogP contribution in [0.1, 0.15) is 27.0 Å². The fourth-order valence-corrected chi connectivity index (χ4v) is 3.29. The van der Waals surface area contributed by atoms with Crippen molar-refractivity contribution in [3.05, 3.63) is 98.6 Å². The highest BCUT2D eigenvalue weighted by atomic mass is 127. The zero-order valence-corrected chi connectivity index (χ0v) is 17.0. The maximum absolute atomic E-state index is 10.9. The molecule has 0 amide bonds. The molecule has 138 valence electrons. The maximum atomic E-state index is 10.9. The van der Waals surface area contributed by atoms with Gasteiger partial charge in [-0.2, -0.15) is 5.26 Å². The average molecular weight is 481 g/mol. The first kappa shape index (κ1) is 19.6. The minimum absolute atomic E-state index is 0.251. The Balaban J connectivity index is 1.72. The van der Waals surface area contributed by atoms with Gasteiger partial charge in [-0.1, -0.05) is 48.5 Å². The van der Waals surface area contributed by atoms with Gasteiger partial charge in [0.05, 0.1) is 20.8 Å². The van der Waals surface area contributed by atoms with Gasteiger partial charge in [0.1, 0.15) is 12.4 Å². The third-order valence-corrected chi connectivity index (χ3v) is 4.91. The smallest absolute Gasteiger partial charge is 0.335 e. The summed E-state index contributed by atoms with van der Waals surface area (Å²) in [6.07, 6.45) is 1.85. The van der Waals surface area contributed by atoms with Gasteiger partial charge in [-0.25, -0.2) is 4.79 Å². The minimum Gasteiger partial charge on any atom is -0.488 e. The molecular weight excluding hydrogens is 465 g/mol. The third-order valence-electron chi connectivity index (χ3n) is 4.07. The molecule has 0 aliphatic heterocycles. The van der Waals surface area contributed by atoms with Gasteiger partial charge < -0.3 is 9.84 Å². The summed E-state index contributed by atoms with van der Waals surface area (Å²) in [6.45, 7) is 0.346. The summed E-state index contributed by atoms with van der Waals surface area (Å²) in [5.41, 5.74) is 3.54. The van der Waals surface area contributed by atoms with Gasteiger partial charge in [-0.15, -0.1) is 0 Å². The van der Waals surface area contributed by atoms with Crippen molar-refractivity contribution in [3.8, 4) is 11.8 Å². The van der Waals surface area contributed by atoms with Gasteiger partial charge in [0.2, 0.25) is 0 Å². The normalized spacial score (nSPS) is 10.9. The number of hydrogen-bond donors (Lipinski definition) is 1. The maximum Gasteiger partial charge on any atom is 0.335 e. The Morgan fingerprint density at radius 3 is 2.36 bits per heavy atom. The average Bonchev–Trinajstić information content (AvgIpc) is 2.72. The van der Waals surface area contributed by atoms with Crippen molar-refractivity contribution in [1.82, 2.24) is 0 Å². The number of nitrogens with zero attached hydrogens (tertiary/aromatic N) is 1. The number of benzene rings is 3. The Labute approximate surface area is 176 Å².